The first-order valence-corrected chi connectivity index (χ1v) is 10.8. The first-order valence-electron chi connectivity index (χ1n) is 10.8. The van der Waals surface area contributed by atoms with Crippen LogP contribution in [0.2, 0.25) is 0 Å². The Balaban J connectivity index is 1.64. The molecule has 1 fully saturated rings. The number of fused-ring (bicyclic) bond motifs is 1. The summed E-state index contributed by atoms with van der Waals surface area (Å²) in [5.74, 6) is 0.693. The molecule has 2 aromatic rings. The molecule has 10 heteroatoms. The zero-order chi connectivity index (χ0) is 22.8. The molecule has 172 valence electrons. The highest BCUT2D eigenvalue weighted by molar-refractivity contribution is 6.05. The number of carbonyl (C=O) groups excluding carboxylic acids is 1. The van der Waals surface area contributed by atoms with E-state index in [-0.39, 0.29) is 36.2 Å². The van der Waals surface area contributed by atoms with Gasteiger partial charge in [-0.3, -0.25) is 9.80 Å². The highest BCUT2D eigenvalue weighted by atomic mass is 19.1. The zero-order valence-corrected chi connectivity index (χ0v) is 18.5. The van der Waals surface area contributed by atoms with Gasteiger partial charge in [0.15, 0.2) is 11.6 Å². The van der Waals surface area contributed by atoms with E-state index >= 15 is 4.39 Å². The van der Waals surface area contributed by atoms with Gasteiger partial charge in [-0.2, -0.15) is 4.98 Å². The molecule has 0 saturated heterocycles. The Labute approximate surface area is 186 Å². The number of nitrogens with zero attached hydrogens (tertiary/aromatic N) is 4. The molecule has 0 atom stereocenters. The molecule has 32 heavy (non-hydrogen) atoms. The molecule has 1 saturated carbocycles. The molecule has 0 spiro atoms. The number of halogens is 1. The highest BCUT2D eigenvalue weighted by Gasteiger charge is 2.34. The number of aliphatic hydroxyl groups is 1. The molecule has 1 aliphatic carbocycles. The van der Waals surface area contributed by atoms with Crippen molar-refractivity contribution in [2.24, 2.45) is 0 Å². The van der Waals surface area contributed by atoms with E-state index < -0.39 is 5.82 Å². The number of anilines is 3. The molecule has 0 bridgehead atoms. The van der Waals surface area contributed by atoms with E-state index in [0.717, 1.165) is 25.7 Å². The first kappa shape index (κ1) is 22.1. The van der Waals surface area contributed by atoms with Crippen LogP contribution in [0.3, 0.4) is 0 Å². The third kappa shape index (κ3) is 4.14. The Hall–Kier alpha value is -3.14. The number of hydrogen-bond donors (Lipinski definition) is 2. The van der Waals surface area contributed by atoms with Crippen LogP contribution in [0, 0.1) is 5.82 Å². The smallest absolute Gasteiger partial charge is 0.330 e. The molecular weight excluding hydrogens is 417 g/mol. The second-order valence-electron chi connectivity index (χ2n) is 7.97. The van der Waals surface area contributed by atoms with Gasteiger partial charge in [0.1, 0.15) is 11.6 Å². The molecule has 1 aliphatic heterocycles. The average molecular weight is 445 g/mol. The average Bonchev–Trinajstić information content (AvgIpc) is 2.80. The summed E-state index contributed by atoms with van der Waals surface area (Å²) in [5.41, 5.74) is 0.774. The predicted molar refractivity (Wildman–Crippen MR) is 118 cm³/mol. The summed E-state index contributed by atoms with van der Waals surface area (Å²) in [7, 11) is 2.83. The fourth-order valence-corrected chi connectivity index (χ4v) is 4.18. The van der Waals surface area contributed by atoms with E-state index in [1.54, 1.807) is 6.20 Å². The third-order valence-electron chi connectivity index (χ3n) is 5.97. The third-order valence-corrected chi connectivity index (χ3v) is 5.97. The molecule has 2 aliphatic rings. The molecule has 0 unspecified atom stereocenters. The number of aromatic nitrogens is 2. The van der Waals surface area contributed by atoms with Gasteiger partial charge in [-0.15, -0.1) is 0 Å². The number of hydrogen-bond acceptors (Lipinski definition) is 7. The molecule has 1 aromatic heterocycles. The standard InChI is InChI=1S/C22H28FN5O4/c1-4-27-20-13(11-24-21(26-20)25-14-5-7-15(29)8-6-14)12-28(22(27)30)17-9-16(31-2)10-18(32-3)19(17)23/h9-11,14-15,29H,4-8,12H2,1-3H3,(H,24,25,26). The quantitative estimate of drug-likeness (QED) is 0.704. The molecular formula is C22H28FN5O4. The van der Waals surface area contributed by atoms with E-state index in [9.17, 15) is 9.90 Å². The molecule has 9 nitrogen and oxygen atoms in total. The largest absolute Gasteiger partial charge is 0.497 e. The maximum atomic E-state index is 15.1. The maximum absolute atomic E-state index is 15.1. The highest BCUT2D eigenvalue weighted by Crippen LogP contribution is 2.37. The van der Waals surface area contributed by atoms with Gasteiger partial charge in [-0.25, -0.2) is 14.2 Å². The zero-order valence-electron chi connectivity index (χ0n) is 18.5. The summed E-state index contributed by atoms with van der Waals surface area (Å²) >= 11 is 0. The maximum Gasteiger partial charge on any atom is 0.330 e. The van der Waals surface area contributed by atoms with Gasteiger partial charge in [-0.05, 0) is 32.6 Å². The lowest BCUT2D eigenvalue weighted by atomic mass is 9.93. The summed E-state index contributed by atoms with van der Waals surface area (Å²) in [6, 6.07) is 2.70. The number of nitrogens with one attached hydrogen (secondary N) is 1. The monoisotopic (exact) mass is 445 g/mol. The minimum atomic E-state index is -0.639. The summed E-state index contributed by atoms with van der Waals surface area (Å²) in [5, 5.41) is 13.0. The number of amides is 2. The second-order valence-corrected chi connectivity index (χ2v) is 7.97. The van der Waals surface area contributed by atoms with Gasteiger partial charge < -0.3 is 19.9 Å². The number of methoxy groups -OCH3 is 2. The summed E-state index contributed by atoms with van der Waals surface area (Å²) in [4.78, 5) is 25.2. The minimum Gasteiger partial charge on any atom is -0.497 e. The van der Waals surface area contributed by atoms with E-state index in [1.165, 1.54) is 36.2 Å². The van der Waals surface area contributed by atoms with Crippen LogP contribution in [-0.2, 0) is 6.54 Å². The number of benzene rings is 1. The molecule has 4 rings (SSSR count). The van der Waals surface area contributed by atoms with E-state index in [4.69, 9.17) is 9.47 Å². The molecule has 0 radical (unpaired) electrons. The number of carbonyl (C=O) groups is 1. The lowest BCUT2D eigenvalue weighted by Gasteiger charge is -2.36. The fraction of sp³-hybridized carbons (Fsp3) is 0.500. The molecule has 2 heterocycles. The molecule has 2 amide bonds. The Kier molecular flexibility index (Phi) is 6.31. The minimum absolute atomic E-state index is 0.00519. The van der Waals surface area contributed by atoms with Crippen LogP contribution in [0.15, 0.2) is 18.3 Å². The van der Waals surface area contributed by atoms with E-state index in [2.05, 4.69) is 15.3 Å². The van der Waals surface area contributed by atoms with Gasteiger partial charge in [0.05, 0.1) is 32.6 Å². The van der Waals surface area contributed by atoms with Crippen LogP contribution < -0.4 is 24.6 Å². The van der Waals surface area contributed by atoms with Crippen molar-refractivity contribution in [3.8, 4) is 11.5 Å². The van der Waals surface area contributed by atoms with Crippen LogP contribution in [0.5, 0.6) is 11.5 Å². The SMILES string of the molecule is CCN1C(=O)N(c2cc(OC)cc(OC)c2F)Cc2cnc(NC3CCC(O)CC3)nc21. The molecule has 2 N–H and O–H groups in total. The van der Waals surface area contributed by atoms with Crippen molar-refractivity contribution in [2.45, 2.75) is 51.3 Å². The van der Waals surface area contributed by atoms with Crippen molar-refractivity contribution >= 4 is 23.5 Å². The van der Waals surface area contributed by atoms with Crippen molar-refractivity contribution in [3.63, 3.8) is 0 Å². The van der Waals surface area contributed by atoms with Gasteiger partial charge in [-0.1, -0.05) is 0 Å². The van der Waals surface area contributed by atoms with Crippen molar-refractivity contribution in [1.82, 2.24) is 9.97 Å². The topological polar surface area (TPSA) is 100 Å². The summed E-state index contributed by atoms with van der Waals surface area (Å²) in [6.07, 6.45) is 4.58. The fourth-order valence-electron chi connectivity index (χ4n) is 4.18. The lowest BCUT2D eigenvalue weighted by Crippen LogP contribution is -2.48. The first-order chi connectivity index (χ1) is 15.4. The molecule has 1 aromatic carbocycles. The van der Waals surface area contributed by atoms with Crippen LogP contribution in [-0.4, -0.2) is 54.0 Å². The number of rotatable bonds is 6. The van der Waals surface area contributed by atoms with Crippen LogP contribution in [0.1, 0.15) is 38.2 Å². The van der Waals surface area contributed by atoms with Crippen LogP contribution >= 0.6 is 0 Å². The summed E-state index contributed by atoms with van der Waals surface area (Å²) < 4.78 is 25.4. The van der Waals surface area contributed by atoms with Gasteiger partial charge in [0, 0.05) is 36.5 Å². The number of urea groups is 1. The van der Waals surface area contributed by atoms with Crippen LogP contribution in [0.4, 0.5) is 26.6 Å². The Morgan fingerprint density at radius 1 is 1.22 bits per heavy atom. The summed E-state index contributed by atoms with van der Waals surface area (Å²) in [6.45, 7) is 2.32. The number of ether oxygens (including phenoxy) is 2. The number of aliphatic hydroxyl groups excluding tert-OH is 1. The van der Waals surface area contributed by atoms with Crippen molar-refractivity contribution < 1.29 is 23.8 Å². The predicted octanol–water partition coefficient (Wildman–Crippen LogP) is 3.31. The Morgan fingerprint density at radius 2 is 1.97 bits per heavy atom. The Bertz CT molecular complexity index is 997. The van der Waals surface area contributed by atoms with Gasteiger partial charge >= 0.3 is 6.03 Å². The van der Waals surface area contributed by atoms with E-state index in [1.807, 2.05) is 6.92 Å². The van der Waals surface area contributed by atoms with Gasteiger partial charge in [0.25, 0.3) is 0 Å². The van der Waals surface area contributed by atoms with Crippen LogP contribution in [0.25, 0.3) is 0 Å². The van der Waals surface area contributed by atoms with Crippen molar-refractivity contribution in [2.75, 3.05) is 35.9 Å². The van der Waals surface area contributed by atoms with Gasteiger partial charge in [0.2, 0.25) is 5.95 Å². The lowest BCUT2D eigenvalue weighted by molar-refractivity contribution is 0.126. The second kappa shape index (κ2) is 9.15. The van der Waals surface area contributed by atoms with Crippen molar-refractivity contribution in [3.05, 3.63) is 29.7 Å². The van der Waals surface area contributed by atoms with Crippen molar-refractivity contribution in [1.29, 1.82) is 0 Å². The normalized spacial score (nSPS) is 20.7. The Morgan fingerprint density at radius 3 is 2.62 bits per heavy atom. The van der Waals surface area contributed by atoms with E-state index in [0.29, 0.717) is 29.6 Å².